The van der Waals surface area contributed by atoms with Crippen LogP contribution in [0, 0.1) is 0 Å². The minimum absolute atomic E-state index is 0.901. The van der Waals surface area contributed by atoms with Crippen molar-refractivity contribution in [1.29, 1.82) is 0 Å². The van der Waals surface area contributed by atoms with Gasteiger partial charge >= 0.3 is 0 Å². The summed E-state index contributed by atoms with van der Waals surface area (Å²) in [5, 5.41) is 0. The molecule has 2 heteroatoms. The van der Waals surface area contributed by atoms with Gasteiger partial charge in [-0.2, -0.15) is 11.1 Å². The number of hydrogen-bond donors (Lipinski definition) is 0. The van der Waals surface area contributed by atoms with E-state index in [0.717, 1.165) is 6.04 Å². The standard InChI is InChI=1S/C8H13ClSi/c1-4-7-8-10(9,5-2)6-3/h4-7H,2-3,8H2,1H3. The van der Waals surface area contributed by atoms with Gasteiger partial charge in [0.05, 0.1) is 0 Å². The van der Waals surface area contributed by atoms with Crippen LogP contribution in [0.1, 0.15) is 6.92 Å². The first-order valence-electron chi connectivity index (χ1n) is 3.26. The first-order valence-corrected chi connectivity index (χ1v) is 6.63. The molecule has 0 nitrogen and oxygen atoms in total. The Morgan fingerprint density at radius 2 is 1.90 bits per heavy atom. The first kappa shape index (κ1) is 9.73. The maximum atomic E-state index is 6.14. The summed E-state index contributed by atoms with van der Waals surface area (Å²) in [5.74, 6) is 0. The Balaban J connectivity index is 4.05. The minimum Gasteiger partial charge on any atom is -0.156 e. The molecule has 0 atom stereocenters. The van der Waals surface area contributed by atoms with Crippen LogP contribution in [-0.2, 0) is 0 Å². The van der Waals surface area contributed by atoms with Gasteiger partial charge in [0.1, 0.15) is 0 Å². The van der Waals surface area contributed by atoms with E-state index in [1.165, 1.54) is 0 Å². The molecule has 0 aromatic rings. The zero-order chi connectivity index (χ0) is 8.04. The fourth-order valence-corrected chi connectivity index (χ4v) is 1.91. The maximum absolute atomic E-state index is 6.14. The molecule has 10 heavy (non-hydrogen) atoms. The fourth-order valence-electron chi connectivity index (χ4n) is 0.548. The van der Waals surface area contributed by atoms with Crippen LogP contribution in [0.3, 0.4) is 0 Å². The van der Waals surface area contributed by atoms with Gasteiger partial charge in [0, 0.05) is 0 Å². The first-order chi connectivity index (χ1) is 4.68. The number of halogens is 1. The van der Waals surface area contributed by atoms with Crippen molar-refractivity contribution in [3.63, 3.8) is 0 Å². The van der Waals surface area contributed by atoms with Gasteiger partial charge in [-0.1, -0.05) is 23.6 Å². The summed E-state index contributed by atoms with van der Waals surface area (Å²) in [7, 11) is -1.81. The monoisotopic (exact) mass is 172 g/mol. The van der Waals surface area contributed by atoms with E-state index in [9.17, 15) is 0 Å². The largest absolute Gasteiger partial charge is 0.205 e. The van der Waals surface area contributed by atoms with E-state index < -0.39 is 7.38 Å². The van der Waals surface area contributed by atoms with E-state index in [1.807, 2.05) is 24.4 Å². The molecular weight excluding hydrogens is 160 g/mol. The molecule has 0 saturated carbocycles. The van der Waals surface area contributed by atoms with E-state index >= 15 is 0 Å². The molecule has 0 aliphatic rings. The van der Waals surface area contributed by atoms with Crippen molar-refractivity contribution in [2.45, 2.75) is 13.0 Å². The molecule has 0 unspecified atom stereocenters. The molecule has 0 aromatic heterocycles. The third-order valence-electron chi connectivity index (χ3n) is 1.35. The molecule has 0 aliphatic carbocycles. The molecule has 0 aliphatic heterocycles. The topological polar surface area (TPSA) is 0 Å². The van der Waals surface area contributed by atoms with Crippen LogP contribution in [0.15, 0.2) is 36.7 Å². The number of rotatable bonds is 4. The maximum Gasteiger partial charge on any atom is 0.205 e. The molecule has 0 bridgehead atoms. The van der Waals surface area contributed by atoms with Crippen LogP contribution in [0.5, 0.6) is 0 Å². The lowest BCUT2D eigenvalue weighted by atomic mass is 10.6. The molecule has 0 radical (unpaired) electrons. The normalized spacial score (nSPS) is 11.8. The second-order valence-corrected chi connectivity index (χ2v) is 7.30. The summed E-state index contributed by atoms with van der Waals surface area (Å²) in [6.07, 6.45) is 4.06. The molecule has 0 fully saturated rings. The Morgan fingerprint density at radius 3 is 2.20 bits per heavy atom. The highest BCUT2D eigenvalue weighted by atomic mass is 35.6. The highest BCUT2D eigenvalue weighted by molar-refractivity contribution is 7.26. The van der Waals surface area contributed by atoms with Crippen LogP contribution in [0.4, 0.5) is 0 Å². The van der Waals surface area contributed by atoms with Crippen LogP contribution in [0.25, 0.3) is 0 Å². The average Bonchev–Trinajstić information content (AvgIpc) is 2.00. The van der Waals surface area contributed by atoms with E-state index in [-0.39, 0.29) is 0 Å². The van der Waals surface area contributed by atoms with Crippen molar-refractivity contribution in [2.24, 2.45) is 0 Å². The molecule has 56 valence electrons. The van der Waals surface area contributed by atoms with E-state index in [2.05, 4.69) is 19.2 Å². The van der Waals surface area contributed by atoms with Gasteiger partial charge in [-0.15, -0.1) is 13.2 Å². The summed E-state index contributed by atoms with van der Waals surface area (Å²) < 4.78 is 0. The second-order valence-electron chi connectivity index (χ2n) is 2.11. The van der Waals surface area contributed by atoms with Crippen molar-refractivity contribution in [1.82, 2.24) is 0 Å². The predicted octanol–water partition coefficient (Wildman–Crippen LogP) is 3.20. The quantitative estimate of drug-likeness (QED) is 0.347. The summed E-state index contributed by atoms with van der Waals surface area (Å²) in [6.45, 7) is 9.35. The Bertz CT molecular complexity index is 141. The molecular formula is C8H13ClSi. The third kappa shape index (κ3) is 3.04. The molecule has 0 heterocycles. The van der Waals surface area contributed by atoms with Gasteiger partial charge in [-0.3, -0.25) is 0 Å². The Hall–Kier alpha value is -0.273. The molecule has 0 amide bonds. The van der Waals surface area contributed by atoms with Crippen molar-refractivity contribution in [3.05, 3.63) is 36.7 Å². The fraction of sp³-hybridized carbons (Fsp3) is 0.250. The highest BCUT2D eigenvalue weighted by Gasteiger charge is 2.19. The number of hydrogen-bond acceptors (Lipinski definition) is 0. The number of allylic oxidation sites excluding steroid dienone is 2. The highest BCUT2D eigenvalue weighted by Crippen LogP contribution is 2.17. The van der Waals surface area contributed by atoms with Gasteiger partial charge in [0.2, 0.25) is 7.38 Å². The van der Waals surface area contributed by atoms with E-state index in [4.69, 9.17) is 11.1 Å². The average molecular weight is 173 g/mol. The zero-order valence-corrected chi connectivity index (χ0v) is 8.06. The summed E-state index contributed by atoms with van der Waals surface area (Å²) in [4.78, 5) is 0. The van der Waals surface area contributed by atoms with Gasteiger partial charge in [0.15, 0.2) is 0 Å². The van der Waals surface area contributed by atoms with Crippen LogP contribution >= 0.6 is 11.1 Å². The second kappa shape index (κ2) is 4.53. The molecule has 0 aromatic carbocycles. The van der Waals surface area contributed by atoms with Crippen LogP contribution in [0.2, 0.25) is 6.04 Å². The van der Waals surface area contributed by atoms with Crippen molar-refractivity contribution in [2.75, 3.05) is 0 Å². The molecule has 0 spiro atoms. The molecule has 0 rings (SSSR count). The van der Waals surface area contributed by atoms with Gasteiger partial charge in [-0.05, 0) is 13.0 Å². The van der Waals surface area contributed by atoms with E-state index in [0.29, 0.717) is 0 Å². The zero-order valence-electron chi connectivity index (χ0n) is 6.31. The SMILES string of the molecule is C=C[Si](Cl)(C=C)CC=CC. The van der Waals surface area contributed by atoms with Gasteiger partial charge in [0.25, 0.3) is 0 Å². The minimum atomic E-state index is -1.81. The lowest BCUT2D eigenvalue weighted by Crippen LogP contribution is -2.19. The van der Waals surface area contributed by atoms with E-state index in [1.54, 1.807) is 0 Å². The summed E-state index contributed by atoms with van der Waals surface area (Å²) in [5.41, 5.74) is 3.67. The lowest BCUT2D eigenvalue weighted by Gasteiger charge is -2.10. The smallest absolute Gasteiger partial charge is 0.156 e. The summed E-state index contributed by atoms with van der Waals surface area (Å²) >= 11 is 6.14. The van der Waals surface area contributed by atoms with Crippen molar-refractivity contribution < 1.29 is 0 Å². The van der Waals surface area contributed by atoms with Crippen LogP contribution in [-0.4, -0.2) is 7.38 Å². The lowest BCUT2D eigenvalue weighted by molar-refractivity contribution is 1.58. The predicted molar refractivity (Wildman–Crippen MR) is 51.6 cm³/mol. The Morgan fingerprint density at radius 1 is 1.40 bits per heavy atom. The van der Waals surface area contributed by atoms with Crippen LogP contribution < -0.4 is 0 Å². The third-order valence-corrected chi connectivity index (χ3v) is 4.95. The molecule has 0 saturated heterocycles. The Kier molecular flexibility index (Phi) is 4.40. The van der Waals surface area contributed by atoms with Gasteiger partial charge < -0.3 is 0 Å². The van der Waals surface area contributed by atoms with Crippen molar-refractivity contribution in [3.8, 4) is 0 Å². The summed E-state index contributed by atoms with van der Waals surface area (Å²) in [6, 6.07) is 0.901. The Labute approximate surface area is 68.6 Å². The molecule has 0 N–H and O–H groups in total. The van der Waals surface area contributed by atoms with Gasteiger partial charge in [-0.25, -0.2) is 0 Å². The van der Waals surface area contributed by atoms with Crippen molar-refractivity contribution >= 4 is 18.5 Å².